The summed E-state index contributed by atoms with van der Waals surface area (Å²) in [5.74, 6) is -2.11. The third-order valence-corrected chi connectivity index (χ3v) is 12.6. The molecule has 0 aliphatic carbocycles. The quantitative estimate of drug-likeness (QED) is 0.0793. The summed E-state index contributed by atoms with van der Waals surface area (Å²) in [5.41, 5.74) is 21.4. The van der Waals surface area contributed by atoms with Gasteiger partial charge in [-0.15, -0.1) is 0 Å². The Balaban J connectivity index is 1.57. The number of ether oxygens (including phenoxy) is 2. The topological polar surface area (TPSA) is 283 Å². The lowest BCUT2D eigenvalue weighted by Gasteiger charge is -2.32. The van der Waals surface area contributed by atoms with E-state index in [1.165, 1.54) is 23.8 Å². The molecule has 2 heterocycles. The molecule has 0 saturated carbocycles. The van der Waals surface area contributed by atoms with Crippen molar-refractivity contribution in [3.63, 3.8) is 0 Å². The minimum Gasteiger partial charge on any atom is -0.492 e. The predicted octanol–water partition coefficient (Wildman–Crippen LogP) is 1.99. The number of fused-ring (bicyclic) bond motifs is 5. The Labute approximate surface area is 387 Å². The lowest BCUT2D eigenvalue weighted by molar-refractivity contribution is -0.141. The molecule has 1 aromatic heterocycles. The SMILES string of the molecule is Cc1nc(-c2ccc(S(C)(C)C)cc2)nc(C)c1C(=O)N[C@@H](CCN)C(=O)N(C)[C@@H]1C(=O)N[C@@H](C)C(=O)N[C@H](C(=O)NCC#N)Cc2ccc(OCCN)c(c2)-c2cc1ccc2OCCN. The van der Waals surface area contributed by atoms with Gasteiger partial charge in [-0.3, -0.25) is 24.0 Å². The van der Waals surface area contributed by atoms with Crippen molar-refractivity contribution < 1.29 is 33.4 Å². The number of aromatic nitrogens is 2. The molecule has 0 fully saturated rings. The number of carbonyl (C=O) groups is 5. The van der Waals surface area contributed by atoms with Crippen molar-refractivity contribution in [2.24, 2.45) is 17.2 Å². The molecule has 1 aliphatic rings. The van der Waals surface area contributed by atoms with E-state index in [-0.39, 0.29) is 57.8 Å². The number of hydrogen-bond donors (Lipinski definition) is 7. The average molecular weight is 924 g/mol. The summed E-state index contributed by atoms with van der Waals surface area (Å²) in [4.78, 5) is 82.3. The smallest absolute Gasteiger partial charge is 0.255 e. The molecule has 10 N–H and O–H groups in total. The van der Waals surface area contributed by atoms with Crippen LogP contribution in [0.5, 0.6) is 11.5 Å². The van der Waals surface area contributed by atoms with Gasteiger partial charge in [-0.2, -0.15) is 5.26 Å². The maximum atomic E-state index is 14.7. The molecule has 18 nitrogen and oxygen atoms in total. The molecule has 0 radical (unpaired) electrons. The Kier molecular flexibility index (Phi) is 17.2. The third-order valence-electron chi connectivity index (χ3n) is 10.9. The van der Waals surface area contributed by atoms with Gasteiger partial charge in [0.25, 0.3) is 5.91 Å². The summed E-state index contributed by atoms with van der Waals surface area (Å²) >= 11 is 0. The molecule has 0 spiro atoms. The molecular formula is C47H61N11O7S. The van der Waals surface area contributed by atoms with E-state index in [0.29, 0.717) is 51.0 Å². The minimum absolute atomic E-state index is 0.000623. The van der Waals surface area contributed by atoms with Crippen molar-refractivity contribution in [1.82, 2.24) is 36.1 Å². The fourth-order valence-corrected chi connectivity index (χ4v) is 8.50. The van der Waals surface area contributed by atoms with Crippen molar-refractivity contribution in [2.75, 3.05) is 65.2 Å². The van der Waals surface area contributed by atoms with E-state index >= 15 is 0 Å². The van der Waals surface area contributed by atoms with Gasteiger partial charge in [0.05, 0.1) is 23.0 Å². The van der Waals surface area contributed by atoms with Crippen molar-refractivity contribution >= 4 is 39.6 Å². The van der Waals surface area contributed by atoms with E-state index in [4.69, 9.17) is 26.7 Å². The van der Waals surface area contributed by atoms with Gasteiger partial charge in [0.2, 0.25) is 23.6 Å². The monoisotopic (exact) mass is 923 g/mol. The molecule has 4 aromatic rings. The first-order valence-corrected chi connectivity index (χ1v) is 24.4. The van der Waals surface area contributed by atoms with Crippen LogP contribution in [0.1, 0.15) is 52.3 Å². The van der Waals surface area contributed by atoms with Crippen LogP contribution < -0.4 is 47.9 Å². The fourth-order valence-electron chi connectivity index (χ4n) is 7.55. The molecule has 5 amide bonds. The van der Waals surface area contributed by atoms with Gasteiger partial charge < -0.3 is 52.8 Å². The first kappa shape index (κ1) is 50.4. The van der Waals surface area contributed by atoms with Crippen LogP contribution in [0, 0.1) is 25.2 Å². The van der Waals surface area contributed by atoms with Gasteiger partial charge in [0.15, 0.2) is 5.82 Å². The Hall–Kier alpha value is -6.59. The highest BCUT2D eigenvalue weighted by molar-refractivity contribution is 8.32. The van der Waals surface area contributed by atoms with Crippen LogP contribution in [-0.2, 0) is 25.6 Å². The van der Waals surface area contributed by atoms with Gasteiger partial charge in [-0.05, 0) is 105 Å². The number of carbonyl (C=O) groups excluding carboxylic acids is 5. The molecule has 66 heavy (non-hydrogen) atoms. The van der Waals surface area contributed by atoms with E-state index < -0.39 is 63.7 Å². The highest BCUT2D eigenvalue weighted by Gasteiger charge is 2.36. The number of nitriles is 1. The number of nitrogens with zero attached hydrogens (tertiary/aromatic N) is 4. The minimum atomic E-state index is -1.40. The molecule has 19 heteroatoms. The summed E-state index contributed by atoms with van der Waals surface area (Å²) in [6.07, 6.45) is 6.63. The number of likely N-dealkylation sites (N-methyl/N-ethyl adjacent to an activating group) is 1. The number of rotatable bonds is 16. The number of nitrogens with two attached hydrogens (primary N) is 3. The van der Waals surface area contributed by atoms with Crippen LogP contribution >= 0.6 is 10.0 Å². The molecule has 4 bridgehead atoms. The van der Waals surface area contributed by atoms with Crippen LogP contribution in [0.15, 0.2) is 65.6 Å². The largest absolute Gasteiger partial charge is 0.492 e. The second-order valence-electron chi connectivity index (χ2n) is 16.6. The summed E-state index contributed by atoms with van der Waals surface area (Å²) in [6, 6.07) is 15.1. The molecule has 0 saturated heterocycles. The van der Waals surface area contributed by atoms with E-state index in [1.807, 2.05) is 18.2 Å². The second-order valence-corrected chi connectivity index (χ2v) is 20.8. The van der Waals surface area contributed by atoms with Crippen LogP contribution in [-0.4, -0.2) is 128 Å². The van der Waals surface area contributed by atoms with Gasteiger partial charge in [-0.1, -0.05) is 24.3 Å². The molecule has 0 unspecified atom stereocenters. The zero-order valence-electron chi connectivity index (χ0n) is 38.5. The summed E-state index contributed by atoms with van der Waals surface area (Å²) in [5, 5.41) is 19.9. The Morgan fingerprint density at radius 1 is 0.879 bits per heavy atom. The first-order valence-electron chi connectivity index (χ1n) is 21.5. The van der Waals surface area contributed by atoms with E-state index in [2.05, 4.69) is 62.1 Å². The predicted molar refractivity (Wildman–Crippen MR) is 254 cm³/mol. The van der Waals surface area contributed by atoms with Gasteiger partial charge in [0.1, 0.15) is 55.4 Å². The van der Waals surface area contributed by atoms with Gasteiger partial charge in [-0.25, -0.2) is 20.0 Å². The maximum Gasteiger partial charge on any atom is 0.255 e. The van der Waals surface area contributed by atoms with Crippen molar-refractivity contribution in [1.29, 1.82) is 5.26 Å². The van der Waals surface area contributed by atoms with Crippen LogP contribution in [0.25, 0.3) is 22.5 Å². The molecule has 4 atom stereocenters. The normalized spacial score (nSPS) is 16.9. The number of amides is 5. The van der Waals surface area contributed by atoms with E-state index in [9.17, 15) is 29.2 Å². The average Bonchev–Trinajstić information content (AvgIpc) is 3.28. The first-order chi connectivity index (χ1) is 31.4. The number of aryl methyl sites for hydroxylation is 2. The molecule has 1 aliphatic heterocycles. The third kappa shape index (κ3) is 12.2. The number of benzene rings is 3. The molecule has 5 rings (SSSR count). The summed E-state index contributed by atoms with van der Waals surface area (Å²) in [7, 11) is 0.478. The van der Waals surface area contributed by atoms with Crippen molar-refractivity contribution in [2.45, 2.75) is 62.7 Å². The van der Waals surface area contributed by atoms with Crippen LogP contribution in [0.3, 0.4) is 0 Å². The van der Waals surface area contributed by atoms with Crippen molar-refractivity contribution in [3.05, 3.63) is 88.7 Å². The highest BCUT2D eigenvalue weighted by atomic mass is 32.3. The lowest BCUT2D eigenvalue weighted by atomic mass is 9.93. The second kappa shape index (κ2) is 22.5. The zero-order chi connectivity index (χ0) is 48.3. The highest BCUT2D eigenvalue weighted by Crippen LogP contribution is 2.45. The van der Waals surface area contributed by atoms with Crippen molar-refractivity contribution in [3.8, 4) is 40.1 Å². The van der Waals surface area contributed by atoms with Gasteiger partial charge >= 0.3 is 0 Å². The van der Waals surface area contributed by atoms with Gasteiger partial charge in [0, 0.05) is 43.2 Å². The Morgan fingerprint density at radius 3 is 2.06 bits per heavy atom. The summed E-state index contributed by atoms with van der Waals surface area (Å²) < 4.78 is 12.2. The molecule has 3 aromatic carbocycles. The van der Waals surface area contributed by atoms with E-state index in [1.54, 1.807) is 50.2 Å². The molecular weight excluding hydrogens is 863 g/mol. The summed E-state index contributed by atoms with van der Waals surface area (Å²) in [6.45, 7) is 5.21. The molecule has 352 valence electrons. The number of hydrogen-bond acceptors (Lipinski definition) is 13. The Bertz CT molecular complexity index is 2450. The lowest BCUT2D eigenvalue weighted by Crippen LogP contribution is -2.56. The fraction of sp³-hybridized carbons (Fsp3) is 0.404. The zero-order valence-corrected chi connectivity index (χ0v) is 39.3. The Morgan fingerprint density at radius 2 is 1.48 bits per heavy atom. The van der Waals surface area contributed by atoms with Crippen LogP contribution in [0.4, 0.5) is 0 Å². The van der Waals surface area contributed by atoms with Crippen LogP contribution in [0.2, 0.25) is 0 Å². The standard InChI is InChI=1S/C47H61N11O7S/c1-27-40(28(2)54-42(53-27)31-9-12-33(13-10-31)66(5,6)7)45(61)56-36(16-17-48)47(63)58(4)41-32-11-15-39(65-23-20-51)35(26-32)34-24-30(8-14-38(34)64-22-19-50)25-37(44(60)52-21-18-49)57-43(59)29(3)55-46(41)62/h8-15,24,26,29,36-37,41H,16-17,19-23,25,48,50-51H2,1-7H3,(H,52,60)(H,55,62)(H,56,61)(H,57,59)/t29-,36-,37-,41-/m0/s1. The maximum absolute atomic E-state index is 14.7. The van der Waals surface area contributed by atoms with E-state index in [0.717, 1.165) is 5.56 Å². The number of nitrogens with one attached hydrogen (secondary N) is 4.